The molecule has 1 radical (unpaired) electrons. The van der Waals surface area contributed by atoms with E-state index >= 15 is 0 Å². The molecule has 0 amide bonds. The van der Waals surface area contributed by atoms with Crippen molar-refractivity contribution in [3.05, 3.63) is 46.9 Å². The molecule has 0 spiro atoms. The van der Waals surface area contributed by atoms with Gasteiger partial charge in [0.25, 0.3) is 0 Å². The summed E-state index contributed by atoms with van der Waals surface area (Å²) in [5.74, 6) is -0.725. The summed E-state index contributed by atoms with van der Waals surface area (Å²) in [6.45, 7) is 0.221. The maximum Gasteiger partial charge on any atom is 0.337 e. The van der Waals surface area contributed by atoms with E-state index in [1.165, 1.54) is 12.3 Å². The number of nitrogens with two attached hydrogens (primary N) is 1. The Hall–Kier alpha value is -1.43. The van der Waals surface area contributed by atoms with Gasteiger partial charge in [-0.3, -0.25) is 0 Å². The van der Waals surface area contributed by atoms with Crippen molar-refractivity contribution in [2.75, 3.05) is 5.32 Å². The molecular weight excluding hydrogens is 327 g/mol. The molecule has 0 bridgehead atoms. The van der Waals surface area contributed by atoms with E-state index in [1.807, 2.05) is 0 Å². The van der Waals surface area contributed by atoms with E-state index in [0.29, 0.717) is 5.76 Å². The molecule has 0 aliphatic rings. The number of anilines is 1. The minimum absolute atomic E-state index is 0. The zero-order valence-electron chi connectivity index (χ0n) is 11.5. The summed E-state index contributed by atoms with van der Waals surface area (Å²) in [6.07, 6.45) is 1.48. The van der Waals surface area contributed by atoms with Gasteiger partial charge in [-0.2, -0.15) is 0 Å². The van der Waals surface area contributed by atoms with Gasteiger partial charge >= 0.3 is 5.97 Å². The van der Waals surface area contributed by atoms with E-state index in [-0.39, 0.29) is 41.7 Å². The number of primary sulfonamides is 1. The van der Waals surface area contributed by atoms with Crippen LogP contribution in [0.4, 0.5) is 5.69 Å². The first-order valence-corrected chi connectivity index (χ1v) is 7.57. The number of hydrogen-bond donors (Lipinski definition) is 3. The number of halogens is 1. The molecule has 7 nitrogen and oxygen atoms in total. The molecule has 0 saturated heterocycles. The Morgan fingerprint density at radius 1 is 1.41 bits per heavy atom. The number of benzene rings is 1. The van der Waals surface area contributed by atoms with Gasteiger partial charge in [-0.1, -0.05) is 11.6 Å². The van der Waals surface area contributed by atoms with Crippen molar-refractivity contribution in [2.45, 2.75) is 11.4 Å². The van der Waals surface area contributed by atoms with Crippen molar-refractivity contribution >= 4 is 52.1 Å². The summed E-state index contributed by atoms with van der Waals surface area (Å²) < 4.78 is 27.8. The first kappa shape index (κ1) is 18.6. The molecular formula is C12H11ClLiN2O5S. The molecule has 0 aliphatic heterocycles. The van der Waals surface area contributed by atoms with Crippen molar-refractivity contribution in [3.8, 4) is 0 Å². The van der Waals surface area contributed by atoms with Crippen LogP contribution in [0.2, 0.25) is 5.02 Å². The fourth-order valence-electron chi connectivity index (χ4n) is 1.69. The van der Waals surface area contributed by atoms with E-state index < -0.39 is 20.9 Å². The standard InChI is InChI=1S/C12H11ClN2O5S.Li/c13-9-5-10(15-6-7-2-1-3-20-7)8(12(16)17)4-11(9)21(14,18)19;/h1-5,15H,6H2,(H,16,17)(H2,14,18,19);. The molecule has 4 N–H and O–H groups in total. The predicted octanol–water partition coefficient (Wildman–Crippen LogP) is 1.51. The number of hydrogen-bond acceptors (Lipinski definition) is 5. The number of sulfonamides is 1. The molecule has 0 fully saturated rings. The van der Waals surface area contributed by atoms with Gasteiger partial charge in [0, 0.05) is 18.9 Å². The zero-order chi connectivity index (χ0) is 15.6. The quantitative estimate of drug-likeness (QED) is 0.711. The topological polar surface area (TPSA) is 123 Å². The minimum atomic E-state index is -4.11. The third kappa shape index (κ3) is 4.29. The molecule has 2 rings (SSSR count). The number of furan rings is 1. The minimum Gasteiger partial charge on any atom is -0.478 e. The molecule has 1 aromatic heterocycles. The molecule has 113 valence electrons. The average Bonchev–Trinajstić information content (AvgIpc) is 2.87. The van der Waals surface area contributed by atoms with Gasteiger partial charge in [0.15, 0.2) is 0 Å². The summed E-state index contributed by atoms with van der Waals surface area (Å²) in [7, 11) is -4.11. The molecule has 1 aromatic carbocycles. The second kappa shape index (κ2) is 7.22. The van der Waals surface area contributed by atoms with E-state index in [2.05, 4.69) is 5.32 Å². The summed E-state index contributed by atoms with van der Waals surface area (Å²) in [4.78, 5) is 10.8. The van der Waals surface area contributed by atoms with Gasteiger partial charge in [0.05, 0.1) is 29.1 Å². The molecule has 0 saturated carbocycles. The van der Waals surface area contributed by atoms with E-state index in [1.54, 1.807) is 12.1 Å². The largest absolute Gasteiger partial charge is 0.478 e. The SMILES string of the molecule is NS(=O)(=O)c1cc(C(=O)O)c(NCc2ccco2)cc1Cl.[Li]. The van der Waals surface area contributed by atoms with Gasteiger partial charge in [-0.15, -0.1) is 0 Å². The summed E-state index contributed by atoms with van der Waals surface area (Å²) >= 11 is 5.84. The van der Waals surface area contributed by atoms with E-state index in [0.717, 1.165) is 6.07 Å². The Balaban J connectivity index is 0.00000242. The molecule has 10 heteroatoms. The normalized spacial score (nSPS) is 10.8. The van der Waals surface area contributed by atoms with E-state index in [9.17, 15) is 13.2 Å². The molecule has 0 aliphatic carbocycles. The fourth-order valence-corrected chi connectivity index (χ4v) is 2.79. The molecule has 0 unspecified atom stereocenters. The number of carbonyl (C=O) groups is 1. The average molecular weight is 338 g/mol. The predicted molar refractivity (Wildman–Crippen MR) is 81.6 cm³/mol. The van der Waals surface area contributed by atoms with Crippen LogP contribution in [0.25, 0.3) is 0 Å². The van der Waals surface area contributed by atoms with E-state index in [4.69, 9.17) is 26.3 Å². The number of aromatic carboxylic acids is 1. The summed E-state index contributed by atoms with van der Waals surface area (Å²) in [5.41, 5.74) is -0.0914. The van der Waals surface area contributed by atoms with Gasteiger partial charge in [0.2, 0.25) is 10.0 Å². The second-order valence-electron chi connectivity index (χ2n) is 4.11. The summed E-state index contributed by atoms with van der Waals surface area (Å²) in [5, 5.41) is 16.8. The second-order valence-corrected chi connectivity index (χ2v) is 6.05. The van der Waals surface area contributed by atoms with Crippen molar-refractivity contribution in [3.63, 3.8) is 0 Å². The van der Waals surface area contributed by atoms with Crippen molar-refractivity contribution in [1.82, 2.24) is 0 Å². The molecule has 1 heterocycles. The number of carboxylic acids is 1. The third-order valence-corrected chi connectivity index (χ3v) is 4.02. The number of carboxylic acid groups (broad SMARTS) is 1. The molecule has 2 aromatic rings. The maximum atomic E-state index is 11.3. The first-order valence-electron chi connectivity index (χ1n) is 5.65. The van der Waals surface area contributed by atoms with Crippen LogP contribution >= 0.6 is 11.6 Å². The van der Waals surface area contributed by atoms with Crippen molar-refractivity contribution in [2.24, 2.45) is 5.14 Å². The van der Waals surface area contributed by atoms with Gasteiger partial charge in [-0.25, -0.2) is 18.4 Å². The molecule has 22 heavy (non-hydrogen) atoms. The number of nitrogens with one attached hydrogen (secondary N) is 1. The number of rotatable bonds is 5. The monoisotopic (exact) mass is 337 g/mol. The Kier molecular flexibility index (Phi) is 6.11. The van der Waals surface area contributed by atoms with Gasteiger partial charge < -0.3 is 14.8 Å². The van der Waals surface area contributed by atoms with Crippen molar-refractivity contribution < 1.29 is 22.7 Å². The Morgan fingerprint density at radius 3 is 2.59 bits per heavy atom. The van der Waals surface area contributed by atoms with Gasteiger partial charge in [0.1, 0.15) is 10.7 Å². The van der Waals surface area contributed by atoms with Crippen LogP contribution in [0.1, 0.15) is 16.1 Å². The molecule has 0 atom stereocenters. The van der Waals surface area contributed by atoms with Crippen LogP contribution in [0.3, 0.4) is 0 Å². The van der Waals surface area contributed by atoms with Crippen LogP contribution in [-0.4, -0.2) is 38.4 Å². The van der Waals surface area contributed by atoms with Crippen LogP contribution < -0.4 is 10.5 Å². The smallest absolute Gasteiger partial charge is 0.337 e. The van der Waals surface area contributed by atoms with Crippen LogP contribution in [-0.2, 0) is 16.6 Å². The van der Waals surface area contributed by atoms with Crippen molar-refractivity contribution in [1.29, 1.82) is 0 Å². The fraction of sp³-hybridized carbons (Fsp3) is 0.0833. The summed E-state index contributed by atoms with van der Waals surface area (Å²) in [6, 6.07) is 5.51. The van der Waals surface area contributed by atoms with Crippen LogP contribution in [0.15, 0.2) is 39.8 Å². The Labute approximate surface area is 143 Å². The zero-order valence-corrected chi connectivity index (χ0v) is 13.1. The Morgan fingerprint density at radius 2 is 2.09 bits per heavy atom. The van der Waals surface area contributed by atoms with Crippen LogP contribution in [0.5, 0.6) is 0 Å². The first-order chi connectivity index (χ1) is 9.79. The maximum absolute atomic E-state index is 11.3. The van der Waals surface area contributed by atoms with Gasteiger partial charge in [-0.05, 0) is 24.3 Å². The third-order valence-electron chi connectivity index (χ3n) is 2.64. The Bertz CT molecular complexity index is 777. The van der Waals surface area contributed by atoms with Crippen LogP contribution in [0, 0.1) is 0 Å².